The Labute approximate surface area is 106 Å². The molecule has 0 aliphatic rings. The molecular formula is C14H14ClNO. The fourth-order valence-electron chi connectivity index (χ4n) is 1.69. The maximum absolute atomic E-state index is 5.93. The van der Waals surface area contributed by atoms with E-state index in [1.54, 1.807) is 6.07 Å². The van der Waals surface area contributed by atoms with Crippen LogP contribution in [0, 0.1) is 0 Å². The summed E-state index contributed by atoms with van der Waals surface area (Å²) in [7, 11) is 0. The largest absolute Gasteiger partial charge is 0.494 e. The van der Waals surface area contributed by atoms with Crippen LogP contribution in [0.25, 0.3) is 11.1 Å². The summed E-state index contributed by atoms with van der Waals surface area (Å²) in [4.78, 5) is 0. The lowest BCUT2D eigenvalue weighted by atomic mass is 10.0. The standard InChI is InChI=1S/C14H14ClNO/c1-2-17-12-6-3-10(4-7-12)13-8-5-11(15)9-14(13)16/h3-9H,2,16H2,1H3. The first-order valence-corrected chi connectivity index (χ1v) is 5.86. The predicted octanol–water partition coefficient (Wildman–Crippen LogP) is 3.99. The molecule has 0 aliphatic heterocycles. The number of nitrogen functional groups attached to an aromatic ring is 1. The van der Waals surface area contributed by atoms with E-state index in [2.05, 4.69) is 0 Å². The molecule has 17 heavy (non-hydrogen) atoms. The summed E-state index contributed by atoms with van der Waals surface area (Å²) in [5.74, 6) is 0.865. The molecule has 2 rings (SSSR count). The van der Waals surface area contributed by atoms with Gasteiger partial charge in [-0.3, -0.25) is 0 Å². The van der Waals surface area contributed by atoms with Gasteiger partial charge in [-0.05, 0) is 36.8 Å². The van der Waals surface area contributed by atoms with Gasteiger partial charge in [0.2, 0.25) is 0 Å². The summed E-state index contributed by atoms with van der Waals surface area (Å²) in [5.41, 5.74) is 8.66. The molecule has 88 valence electrons. The van der Waals surface area contributed by atoms with Crippen molar-refractivity contribution in [2.45, 2.75) is 6.92 Å². The SMILES string of the molecule is CCOc1ccc(-c2ccc(Cl)cc2N)cc1. The summed E-state index contributed by atoms with van der Waals surface area (Å²) >= 11 is 5.87. The van der Waals surface area contributed by atoms with E-state index in [0.29, 0.717) is 17.3 Å². The van der Waals surface area contributed by atoms with E-state index in [9.17, 15) is 0 Å². The van der Waals surface area contributed by atoms with E-state index in [1.807, 2.05) is 43.3 Å². The zero-order chi connectivity index (χ0) is 12.3. The lowest BCUT2D eigenvalue weighted by molar-refractivity contribution is 0.340. The van der Waals surface area contributed by atoms with Gasteiger partial charge in [-0.2, -0.15) is 0 Å². The minimum Gasteiger partial charge on any atom is -0.494 e. The molecule has 0 bridgehead atoms. The van der Waals surface area contributed by atoms with E-state index < -0.39 is 0 Å². The minimum atomic E-state index is 0.650. The first kappa shape index (κ1) is 11.8. The predicted molar refractivity (Wildman–Crippen MR) is 72.5 cm³/mol. The molecule has 3 heteroatoms. The zero-order valence-electron chi connectivity index (χ0n) is 9.61. The van der Waals surface area contributed by atoms with Crippen LogP contribution in [0.3, 0.4) is 0 Å². The topological polar surface area (TPSA) is 35.2 Å². The fraction of sp³-hybridized carbons (Fsp3) is 0.143. The van der Waals surface area contributed by atoms with Crippen LogP contribution in [-0.2, 0) is 0 Å². The van der Waals surface area contributed by atoms with Gasteiger partial charge in [-0.15, -0.1) is 0 Å². The number of hydrogen-bond donors (Lipinski definition) is 1. The summed E-state index contributed by atoms with van der Waals surface area (Å²) in [6.07, 6.45) is 0. The smallest absolute Gasteiger partial charge is 0.119 e. The van der Waals surface area contributed by atoms with Crippen molar-refractivity contribution in [3.63, 3.8) is 0 Å². The Kier molecular flexibility index (Phi) is 3.55. The molecule has 0 aromatic heterocycles. The second-order valence-corrected chi connectivity index (χ2v) is 4.13. The van der Waals surface area contributed by atoms with E-state index in [4.69, 9.17) is 22.1 Å². The van der Waals surface area contributed by atoms with Crippen LogP contribution in [-0.4, -0.2) is 6.61 Å². The number of benzene rings is 2. The van der Waals surface area contributed by atoms with Crippen LogP contribution >= 0.6 is 11.6 Å². The maximum Gasteiger partial charge on any atom is 0.119 e. The molecule has 0 atom stereocenters. The van der Waals surface area contributed by atoms with Crippen LogP contribution in [0.1, 0.15) is 6.92 Å². The van der Waals surface area contributed by atoms with Gasteiger partial charge in [0.05, 0.1) is 6.61 Å². The first-order chi connectivity index (χ1) is 8.20. The third-order valence-corrected chi connectivity index (χ3v) is 2.73. The van der Waals surface area contributed by atoms with Gasteiger partial charge in [0, 0.05) is 16.3 Å². The molecule has 2 aromatic carbocycles. The van der Waals surface area contributed by atoms with Crippen molar-refractivity contribution >= 4 is 17.3 Å². The molecule has 2 aromatic rings. The number of rotatable bonds is 3. The number of hydrogen-bond acceptors (Lipinski definition) is 2. The van der Waals surface area contributed by atoms with Crippen molar-refractivity contribution in [1.29, 1.82) is 0 Å². The van der Waals surface area contributed by atoms with Gasteiger partial charge in [0.1, 0.15) is 5.75 Å². The van der Waals surface area contributed by atoms with E-state index >= 15 is 0 Å². The fourth-order valence-corrected chi connectivity index (χ4v) is 1.87. The lowest BCUT2D eigenvalue weighted by Gasteiger charge is -2.08. The summed E-state index contributed by atoms with van der Waals surface area (Å²) in [6, 6.07) is 13.4. The van der Waals surface area contributed by atoms with Crippen molar-refractivity contribution in [1.82, 2.24) is 0 Å². The lowest BCUT2D eigenvalue weighted by Crippen LogP contribution is -1.92. The van der Waals surface area contributed by atoms with E-state index in [1.165, 1.54) is 0 Å². The Morgan fingerprint density at radius 3 is 2.41 bits per heavy atom. The van der Waals surface area contributed by atoms with Crippen molar-refractivity contribution in [3.8, 4) is 16.9 Å². The first-order valence-electron chi connectivity index (χ1n) is 5.49. The third-order valence-electron chi connectivity index (χ3n) is 2.49. The van der Waals surface area contributed by atoms with Crippen LogP contribution in [0.4, 0.5) is 5.69 Å². The molecule has 2 N–H and O–H groups in total. The highest BCUT2D eigenvalue weighted by Crippen LogP contribution is 2.29. The molecule has 0 fully saturated rings. The number of halogens is 1. The molecule has 0 saturated carbocycles. The van der Waals surface area contributed by atoms with Crippen LogP contribution < -0.4 is 10.5 Å². The van der Waals surface area contributed by atoms with Crippen LogP contribution in [0.5, 0.6) is 5.75 Å². The molecule has 0 spiro atoms. The van der Waals surface area contributed by atoms with Crippen molar-refractivity contribution in [2.24, 2.45) is 0 Å². The van der Waals surface area contributed by atoms with Crippen LogP contribution in [0.15, 0.2) is 42.5 Å². The second-order valence-electron chi connectivity index (χ2n) is 3.69. The van der Waals surface area contributed by atoms with Crippen molar-refractivity contribution in [2.75, 3.05) is 12.3 Å². The Morgan fingerprint density at radius 2 is 1.82 bits per heavy atom. The number of ether oxygens (including phenoxy) is 1. The second kappa shape index (κ2) is 5.11. The highest BCUT2D eigenvalue weighted by atomic mass is 35.5. The molecule has 0 aliphatic carbocycles. The molecule has 0 unspecified atom stereocenters. The monoisotopic (exact) mass is 247 g/mol. The van der Waals surface area contributed by atoms with Crippen molar-refractivity contribution in [3.05, 3.63) is 47.5 Å². The minimum absolute atomic E-state index is 0.650. The maximum atomic E-state index is 5.93. The highest BCUT2D eigenvalue weighted by Gasteiger charge is 2.03. The van der Waals surface area contributed by atoms with Gasteiger partial charge in [0.15, 0.2) is 0 Å². The molecule has 0 saturated heterocycles. The molecular weight excluding hydrogens is 234 g/mol. The van der Waals surface area contributed by atoms with Crippen molar-refractivity contribution < 1.29 is 4.74 Å². The molecule has 2 nitrogen and oxygen atoms in total. The van der Waals surface area contributed by atoms with E-state index in [0.717, 1.165) is 16.9 Å². The summed E-state index contributed by atoms with van der Waals surface area (Å²) in [6.45, 7) is 2.63. The average Bonchev–Trinajstić information content (AvgIpc) is 2.31. The van der Waals surface area contributed by atoms with Gasteiger partial charge in [-0.25, -0.2) is 0 Å². The highest BCUT2D eigenvalue weighted by molar-refractivity contribution is 6.31. The van der Waals surface area contributed by atoms with E-state index in [-0.39, 0.29) is 0 Å². The quantitative estimate of drug-likeness (QED) is 0.833. The Hall–Kier alpha value is -1.67. The zero-order valence-corrected chi connectivity index (χ0v) is 10.4. The Morgan fingerprint density at radius 1 is 1.12 bits per heavy atom. The summed E-state index contributed by atoms with van der Waals surface area (Å²) in [5, 5.41) is 0.650. The Bertz CT molecular complexity index is 508. The number of anilines is 1. The van der Waals surface area contributed by atoms with Gasteiger partial charge < -0.3 is 10.5 Å². The average molecular weight is 248 g/mol. The van der Waals surface area contributed by atoms with Gasteiger partial charge in [0.25, 0.3) is 0 Å². The normalized spacial score (nSPS) is 10.2. The van der Waals surface area contributed by atoms with Gasteiger partial charge in [-0.1, -0.05) is 29.8 Å². The molecule has 0 radical (unpaired) electrons. The van der Waals surface area contributed by atoms with Crippen LogP contribution in [0.2, 0.25) is 5.02 Å². The Balaban J connectivity index is 2.33. The van der Waals surface area contributed by atoms with Gasteiger partial charge >= 0.3 is 0 Å². The third kappa shape index (κ3) is 2.71. The number of nitrogens with two attached hydrogens (primary N) is 1. The molecule has 0 amide bonds. The molecule has 0 heterocycles. The summed E-state index contributed by atoms with van der Waals surface area (Å²) < 4.78 is 5.39.